The third-order valence-corrected chi connectivity index (χ3v) is 7.45. The second kappa shape index (κ2) is 13.4. The maximum atomic E-state index is 6.61. The van der Waals surface area contributed by atoms with Gasteiger partial charge in [-0.3, -0.25) is 0 Å². The van der Waals surface area contributed by atoms with Crippen molar-refractivity contribution in [2.75, 3.05) is 0 Å². The number of rotatable bonds is 11. The molecular weight excluding hydrogens is 492 g/mol. The molecule has 0 unspecified atom stereocenters. The summed E-state index contributed by atoms with van der Waals surface area (Å²) >= 11 is 1.61. The number of benzene rings is 4. The zero-order valence-corrected chi connectivity index (χ0v) is 22.0. The smallest absolute Gasteiger partial charge is 0.177 e. The Morgan fingerprint density at radius 1 is 0.553 bits per heavy atom. The van der Waals surface area contributed by atoms with Gasteiger partial charge in [0.25, 0.3) is 0 Å². The lowest BCUT2D eigenvalue weighted by Gasteiger charge is -2.43. The molecule has 38 heavy (non-hydrogen) atoms. The molecule has 0 aliphatic carbocycles. The second-order valence-electron chi connectivity index (χ2n) is 9.12. The number of thioether (sulfide) groups is 1. The lowest BCUT2D eigenvalue weighted by molar-refractivity contribution is -0.196. The van der Waals surface area contributed by atoms with Crippen molar-refractivity contribution in [1.82, 2.24) is 0 Å². The van der Waals surface area contributed by atoms with Gasteiger partial charge in [-0.05, 0) is 28.8 Å². The van der Waals surface area contributed by atoms with Gasteiger partial charge in [-0.1, -0.05) is 128 Å². The summed E-state index contributed by atoms with van der Waals surface area (Å²) in [6, 6.07) is 40.6. The monoisotopic (exact) mass is 524 g/mol. The maximum absolute atomic E-state index is 6.61. The van der Waals surface area contributed by atoms with E-state index in [2.05, 4.69) is 43.0 Å². The molecule has 0 amide bonds. The molecule has 5 heteroatoms. The van der Waals surface area contributed by atoms with Gasteiger partial charge in [-0.25, -0.2) is 0 Å². The molecule has 4 atom stereocenters. The van der Waals surface area contributed by atoms with Gasteiger partial charge in [-0.2, -0.15) is 0 Å². The van der Waals surface area contributed by atoms with E-state index in [1.807, 2.05) is 84.9 Å². The molecule has 0 saturated carbocycles. The predicted octanol–water partition coefficient (Wildman–Crippen LogP) is 7.40. The Kier molecular flexibility index (Phi) is 9.29. The summed E-state index contributed by atoms with van der Waals surface area (Å²) in [6.07, 6.45) is -1.33. The van der Waals surface area contributed by atoms with Gasteiger partial charge in [0.15, 0.2) is 5.44 Å². The molecular formula is C33H32O4S. The van der Waals surface area contributed by atoms with E-state index < -0.39 is 18.3 Å². The van der Waals surface area contributed by atoms with E-state index in [1.165, 1.54) is 0 Å². The number of hydrogen-bond donors (Lipinski definition) is 0. The molecule has 4 aromatic carbocycles. The minimum absolute atomic E-state index is 0.356. The van der Waals surface area contributed by atoms with Gasteiger partial charge >= 0.3 is 0 Å². The number of ether oxygens (including phenoxy) is 4. The normalized spacial score (nSPS) is 21.1. The Morgan fingerprint density at radius 2 is 0.974 bits per heavy atom. The van der Waals surface area contributed by atoms with Crippen molar-refractivity contribution in [3.63, 3.8) is 0 Å². The fourth-order valence-electron chi connectivity index (χ4n) is 4.36. The second-order valence-corrected chi connectivity index (χ2v) is 10.3. The van der Waals surface area contributed by atoms with Crippen molar-refractivity contribution in [2.24, 2.45) is 0 Å². The summed E-state index contributed by atoms with van der Waals surface area (Å²) in [5.41, 5.74) is 2.89. The summed E-state index contributed by atoms with van der Waals surface area (Å²) in [7, 11) is 0. The van der Waals surface area contributed by atoms with E-state index in [1.54, 1.807) is 11.8 Å². The largest absolute Gasteiger partial charge is 0.479 e. The molecule has 0 spiro atoms. The van der Waals surface area contributed by atoms with E-state index >= 15 is 0 Å². The molecule has 194 valence electrons. The van der Waals surface area contributed by atoms with E-state index in [9.17, 15) is 0 Å². The molecule has 0 radical (unpaired) electrons. The van der Waals surface area contributed by atoms with Crippen molar-refractivity contribution in [3.05, 3.63) is 150 Å². The average Bonchev–Trinajstić information content (AvgIpc) is 2.97. The molecule has 5 rings (SSSR count). The highest BCUT2D eigenvalue weighted by atomic mass is 32.2. The predicted molar refractivity (Wildman–Crippen MR) is 151 cm³/mol. The Bertz CT molecular complexity index is 1250. The van der Waals surface area contributed by atoms with Crippen molar-refractivity contribution in [1.29, 1.82) is 0 Å². The highest BCUT2D eigenvalue weighted by molar-refractivity contribution is 7.99. The third-order valence-electron chi connectivity index (χ3n) is 6.31. The van der Waals surface area contributed by atoms with Gasteiger partial charge in [0, 0.05) is 4.90 Å². The molecule has 1 aliphatic heterocycles. The topological polar surface area (TPSA) is 36.9 Å². The standard InChI is InChI=1S/C33H32O4S/c1-25-30(34-22-26-14-6-2-7-15-26)31(35-23-27-16-8-3-9-17-27)32(36-24-28-18-10-4-11-19-28)33(37-25)38-29-20-12-5-13-21-29/h2-21,30-33H,1,22-24H2/t30-,31+,32-,33-/m1/s1. The molecule has 0 N–H and O–H groups in total. The Hall–Kier alpha value is -3.35. The summed E-state index contributed by atoms with van der Waals surface area (Å²) in [5.74, 6) is 0.548. The molecule has 1 aliphatic rings. The molecule has 4 nitrogen and oxygen atoms in total. The molecule has 0 bridgehead atoms. The Morgan fingerprint density at radius 3 is 1.47 bits per heavy atom. The first-order valence-electron chi connectivity index (χ1n) is 12.8. The van der Waals surface area contributed by atoms with Gasteiger partial charge < -0.3 is 18.9 Å². The first kappa shape index (κ1) is 26.3. The van der Waals surface area contributed by atoms with Crippen LogP contribution in [0.4, 0.5) is 0 Å². The van der Waals surface area contributed by atoms with Crippen molar-refractivity contribution < 1.29 is 18.9 Å². The molecule has 1 heterocycles. The van der Waals surface area contributed by atoms with Crippen LogP contribution in [0, 0.1) is 0 Å². The minimum Gasteiger partial charge on any atom is -0.479 e. The van der Waals surface area contributed by atoms with Crippen LogP contribution >= 0.6 is 11.8 Å². The lowest BCUT2D eigenvalue weighted by atomic mass is 10.0. The number of hydrogen-bond acceptors (Lipinski definition) is 5. The van der Waals surface area contributed by atoms with E-state index in [0.717, 1.165) is 21.6 Å². The van der Waals surface area contributed by atoms with Crippen LogP contribution in [0.25, 0.3) is 0 Å². The third kappa shape index (κ3) is 7.15. The van der Waals surface area contributed by atoms with Gasteiger partial charge in [0.05, 0.1) is 19.8 Å². The van der Waals surface area contributed by atoms with Gasteiger partial charge in [-0.15, -0.1) is 0 Å². The average molecular weight is 525 g/mol. The maximum Gasteiger partial charge on any atom is 0.177 e. The van der Waals surface area contributed by atoms with Gasteiger partial charge in [0.2, 0.25) is 0 Å². The SMILES string of the molecule is C=C1O[C@H](Sc2ccccc2)[C@H](OCc2ccccc2)[C@@H](OCc2ccccc2)[C@@H]1OCc1ccccc1. The van der Waals surface area contributed by atoms with Crippen LogP contribution in [-0.4, -0.2) is 23.7 Å². The van der Waals surface area contributed by atoms with E-state index in [0.29, 0.717) is 25.6 Å². The van der Waals surface area contributed by atoms with Crippen LogP contribution in [0.3, 0.4) is 0 Å². The van der Waals surface area contributed by atoms with E-state index in [-0.39, 0.29) is 5.44 Å². The summed E-state index contributed by atoms with van der Waals surface area (Å²) in [6.45, 7) is 5.54. The van der Waals surface area contributed by atoms with Crippen LogP contribution in [0.1, 0.15) is 16.7 Å². The van der Waals surface area contributed by atoms with E-state index in [4.69, 9.17) is 18.9 Å². The first-order valence-corrected chi connectivity index (χ1v) is 13.7. The first-order chi connectivity index (χ1) is 18.8. The zero-order chi connectivity index (χ0) is 26.0. The highest BCUT2D eigenvalue weighted by Gasteiger charge is 2.46. The lowest BCUT2D eigenvalue weighted by Crippen LogP contribution is -2.53. The van der Waals surface area contributed by atoms with Crippen LogP contribution in [0.15, 0.2) is 139 Å². The van der Waals surface area contributed by atoms with Crippen LogP contribution in [0.5, 0.6) is 0 Å². The van der Waals surface area contributed by atoms with Crippen molar-refractivity contribution >= 4 is 11.8 Å². The molecule has 1 saturated heterocycles. The van der Waals surface area contributed by atoms with Crippen LogP contribution in [0.2, 0.25) is 0 Å². The fourth-order valence-corrected chi connectivity index (χ4v) is 5.48. The summed E-state index contributed by atoms with van der Waals surface area (Å²) in [4.78, 5) is 1.09. The van der Waals surface area contributed by atoms with Crippen molar-refractivity contribution in [3.8, 4) is 0 Å². The van der Waals surface area contributed by atoms with Gasteiger partial charge in [0.1, 0.15) is 24.1 Å². The minimum atomic E-state index is -0.493. The highest BCUT2D eigenvalue weighted by Crippen LogP contribution is 2.39. The molecule has 4 aromatic rings. The fraction of sp³-hybridized carbons (Fsp3) is 0.212. The zero-order valence-electron chi connectivity index (χ0n) is 21.2. The Balaban J connectivity index is 1.42. The Labute approximate surface area is 229 Å². The van der Waals surface area contributed by atoms with Crippen molar-refractivity contribution in [2.45, 2.75) is 48.5 Å². The van der Waals surface area contributed by atoms with Crippen LogP contribution < -0.4 is 0 Å². The molecule has 1 fully saturated rings. The molecule has 0 aromatic heterocycles. The summed E-state index contributed by atoms with van der Waals surface area (Å²) < 4.78 is 26.0. The summed E-state index contributed by atoms with van der Waals surface area (Å²) in [5, 5.41) is 0. The quantitative estimate of drug-likeness (QED) is 0.204. The van der Waals surface area contributed by atoms with Crippen LogP contribution in [-0.2, 0) is 38.8 Å².